The third kappa shape index (κ3) is 3.37. The summed E-state index contributed by atoms with van der Waals surface area (Å²) in [6.45, 7) is 3.76. The number of rotatable bonds is 5. The molecule has 1 N–H and O–H groups in total. The van der Waals surface area contributed by atoms with Crippen LogP contribution in [0.25, 0.3) is 0 Å². The van der Waals surface area contributed by atoms with Gasteiger partial charge in [-0.1, -0.05) is 42.5 Å². The van der Waals surface area contributed by atoms with E-state index in [0.29, 0.717) is 11.4 Å². The van der Waals surface area contributed by atoms with E-state index in [1.54, 1.807) is 18.2 Å². The van der Waals surface area contributed by atoms with Gasteiger partial charge in [0.1, 0.15) is 6.54 Å². The lowest BCUT2D eigenvalue weighted by Gasteiger charge is -2.20. The molecular weight excluding hydrogens is 370 g/mol. The third-order valence-corrected chi connectivity index (χ3v) is 5.19. The van der Waals surface area contributed by atoms with Crippen LogP contribution in [0.15, 0.2) is 58.9 Å². The first kappa shape index (κ1) is 18.8. The first-order valence-corrected chi connectivity index (χ1v) is 9.49. The van der Waals surface area contributed by atoms with Crippen molar-refractivity contribution in [1.29, 1.82) is 0 Å². The largest absolute Gasteiger partial charge is 0.324 e. The average Bonchev–Trinajstić information content (AvgIpc) is 3.23. The SMILES string of the molecule is CCc1ccc(N2C(=O)C3N=NN(CC(=O)Nc4ccccc4C)C3C2=O)cc1. The zero-order chi connectivity index (χ0) is 20.5. The Bertz CT molecular complexity index is 1000. The van der Waals surface area contributed by atoms with Crippen molar-refractivity contribution in [2.24, 2.45) is 10.3 Å². The molecule has 2 unspecified atom stereocenters. The molecule has 1 fully saturated rings. The molecule has 0 saturated carbocycles. The Morgan fingerprint density at radius 1 is 1.07 bits per heavy atom. The number of carbonyl (C=O) groups excluding carboxylic acids is 3. The molecule has 8 nitrogen and oxygen atoms in total. The molecule has 29 heavy (non-hydrogen) atoms. The van der Waals surface area contributed by atoms with Crippen molar-refractivity contribution in [1.82, 2.24) is 5.01 Å². The van der Waals surface area contributed by atoms with Crippen LogP contribution in [0, 0.1) is 6.92 Å². The maximum atomic E-state index is 13.0. The molecule has 4 rings (SSSR count). The van der Waals surface area contributed by atoms with Gasteiger partial charge < -0.3 is 5.32 Å². The number of fused-ring (bicyclic) bond motifs is 1. The van der Waals surface area contributed by atoms with Gasteiger partial charge in [0, 0.05) is 5.69 Å². The second kappa shape index (κ2) is 7.46. The smallest absolute Gasteiger partial charge is 0.263 e. The van der Waals surface area contributed by atoms with E-state index in [1.807, 2.05) is 44.2 Å². The molecule has 0 radical (unpaired) electrons. The van der Waals surface area contributed by atoms with Crippen LogP contribution >= 0.6 is 0 Å². The molecule has 3 amide bonds. The van der Waals surface area contributed by atoms with Crippen LogP contribution in [0.5, 0.6) is 0 Å². The van der Waals surface area contributed by atoms with Gasteiger partial charge in [-0.2, -0.15) is 5.11 Å². The fourth-order valence-electron chi connectivity index (χ4n) is 3.54. The van der Waals surface area contributed by atoms with Gasteiger partial charge >= 0.3 is 0 Å². The maximum absolute atomic E-state index is 13.0. The lowest BCUT2D eigenvalue weighted by Crippen LogP contribution is -2.43. The summed E-state index contributed by atoms with van der Waals surface area (Å²) >= 11 is 0. The molecule has 0 spiro atoms. The van der Waals surface area contributed by atoms with Gasteiger partial charge in [0.15, 0.2) is 12.1 Å². The number of nitrogens with zero attached hydrogens (tertiary/aromatic N) is 4. The van der Waals surface area contributed by atoms with Crippen LogP contribution in [-0.2, 0) is 20.8 Å². The van der Waals surface area contributed by atoms with Crippen LogP contribution in [0.1, 0.15) is 18.1 Å². The fraction of sp³-hybridized carbons (Fsp3) is 0.286. The predicted octanol–water partition coefficient (Wildman–Crippen LogP) is 2.49. The molecule has 0 aromatic heterocycles. The molecule has 148 valence electrons. The minimum Gasteiger partial charge on any atom is -0.324 e. The van der Waals surface area contributed by atoms with Crippen molar-refractivity contribution < 1.29 is 14.4 Å². The van der Waals surface area contributed by atoms with Gasteiger partial charge in [-0.3, -0.25) is 19.4 Å². The first-order valence-electron chi connectivity index (χ1n) is 9.49. The van der Waals surface area contributed by atoms with Gasteiger partial charge in [-0.05, 0) is 42.7 Å². The number of para-hydroxylation sites is 1. The van der Waals surface area contributed by atoms with E-state index >= 15 is 0 Å². The molecule has 2 atom stereocenters. The number of nitrogens with one attached hydrogen (secondary N) is 1. The zero-order valence-corrected chi connectivity index (χ0v) is 16.2. The monoisotopic (exact) mass is 391 g/mol. The molecule has 0 aliphatic carbocycles. The van der Waals surface area contributed by atoms with E-state index in [9.17, 15) is 14.4 Å². The highest BCUT2D eigenvalue weighted by molar-refractivity contribution is 6.25. The fourth-order valence-corrected chi connectivity index (χ4v) is 3.54. The lowest BCUT2D eigenvalue weighted by atomic mass is 10.1. The summed E-state index contributed by atoms with van der Waals surface area (Å²) in [6, 6.07) is 12.9. The van der Waals surface area contributed by atoms with Crippen molar-refractivity contribution in [2.45, 2.75) is 32.4 Å². The summed E-state index contributed by atoms with van der Waals surface area (Å²) in [5.41, 5.74) is 3.24. The Hall–Kier alpha value is -3.55. The number of hydrogen-bond acceptors (Lipinski definition) is 6. The Balaban J connectivity index is 1.49. The number of hydrogen-bond donors (Lipinski definition) is 1. The molecule has 2 aliphatic heterocycles. The highest BCUT2D eigenvalue weighted by atomic mass is 16.2. The van der Waals surface area contributed by atoms with E-state index in [2.05, 4.69) is 15.7 Å². The predicted molar refractivity (Wildman–Crippen MR) is 107 cm³/mol. The Labute approximate surface area is 168 Å². The molecule has 2 aromatic rings. The molecule has 2 aromatic carbocycles. The van der Waals surface area contributed by atoms with Crippen molar-refractivity contribution in [2.75, 3.05) is 16.8 Å². The normalized spacial score (nSPS) is 20.3. The summed E-state index contributed by atoms with van der Waals surface area (Å²) in [5.74, 6) is -1.17. The molecule has 2 aliphatic rings. The van der Waals surface area contributed by atoms with E-state index in [1.165, 1.54) is 5.01 Å². The van der Waals surface area contributed by atoms with Crippen molar-refractivity contribution in [3.05, 3.63) is 59.7 Å². The Morgan fingerprint density at radius 3 is 2.48 bits per heavy atom. The second-order valence-corrected chi connectivity index (χ2v) is 7.09. The molecular formula is C21H21N5O3. The summed E-state index contributed by atoms with van der Waals surface area (Å²) in [7, 11) is 0. The van der Waals surface area contributed by atoms with E-state index in [0.717, 1.165) is 22.4 Å². The van der Waals surface area contributed by atoms with Gasteiger partial charge in [0.25, 0.3) is 11.8 Å². The first-order chi connectivity index (χ1) is 14.0. The summed E-state index contributed by atoms with van der Waals surface area (Å²) in [4.78, 5) is 39.3. The summed E-state index contributed by atoms with van der Waals surface area (Å²) < 4.78 is 0. The Kier molecular flexibility index (Phi) is 4.84. The van der Waals surface area contributed by atoms with Crippen LogP contribution in [-0.4, -0.2) is 41.4 Å². The van der Waals surface area contributed by atoms with Crippen molar-refractivity contribution in [3.8, 4) is 0 Å². The lowest BCUT2D eigenvalue weighted by molar-refractivity contribution is -0.123. The van der Waals surface area contributed by atoms with Crippen LogP contribution in [0.4, 0.5) is 11.4 Å². The van der Waals surface area contributed by atoms with E-state index in [-0.39, 0.29) is 12.5 Å². The summed E-state index contributed by atoms with van der Waals surface area (Å²) in [6.07, 6.45) is 0.866. The standard InChI is InChI=1S/C21H21N5O3/c1-3-14-8-10-15(11-9-14)26-20(28)18-19(21(26)29)25(24-23-18)12-17(27)22-16-7-5-4-6-13(16)2/h4-11,18-19H,3,12H2,1-2H3,(H,22,27). The number of imide groups is 1. The van der Waals surface area contributed by atoms with E-state index < -0.39 is 23.9 Å². The van der Waals surface area contributed by atoms with Gasteiger partial charge in [0.2, 0.25) is 5.91 Å². The highest BCUT2D eigenvalue weighted by Crippen LogP contribution is 2.32. The van der Waals surface area contributed by atoms with Crippen LogP contribution in [0.3, 0.4) is 0 Å². The molecule has 1 saturated heterocycles. The summed E-state index contributed by atoms with van der Waals surface area (Å²) in [5, 5.41) is 12.0. The van der Waals surface area contributed by atoms with Crippen LogP contribution < -0.4 is 10.2 Å². The topological polar surface area (TPSA) is 94.4 Å². The van der Waals surface area contributed by atoms with Crippen molar-refractivity contribution >= 4 is 29.1 Å². The third-order valence-electron chi connectivity index (χ3n) is 5.19. The number of carbonyl (C=O) groups is 3. The maximum Gasteiger partial charge on any atom is 0.263 e. The van der Waals surface area contributed by atoms with Crippen LogP contribution in [0.2, 0.25) is 0 Å². The minimum atomic E-state index is -0.917. The zero-order valence-electron chi connectivity index (χ0n) is 16.2. The van der Waals surface area contributed by atoms with Crippen molar-refractivity contribution in [3.63, 3.8) is 0 Å². The number of benzene rings is 2. The number of aryl methyl sites for hydroxylation is 2. The highest BCUT2D eigenvalue weighted by Gasteiger charge is 2.55. The quantitative estimate of drug-likeness (QED) is 0.793. The molecule has 8 heteroatoms. The molecule has 2 heterocycles. The number of amides is 3. The minimum absolute atomic E-state index is 0.166. The Morgan fingerprint density at radius 2 is 1.79 bits per heavy atom. The van der Waals surface area contributed by atoms with Gasteiger partial charge in [-0.25, -0.2) is 4.90 Å². The molecule has 0 bridgehead atoms. The van der Waals surface area contributed by atoms with Gasteiger partial charge in [0.05, 0.1) is 5.69 Å². The average molecular weight is 391 g/mol. The van der Waals surface area contributed by atoms with E-state index in [4.69, 9.17) is 0 Å². The number of anilines is 2. The second-order valence-electron chi connectivity index (χ2n) is 7.09. The van der Waals surface area contributed by atoms with Gasteiger partial charge in [-0.15, -0.1) is 0 Å².